The highest BCUT2D eigenvalue weighted by molar-refractivity contribution is 5.02. The quantitative estimate of drug-likeness (QED) is 0.608. The van der Waals surface area contributed by atoms with Gasteiger partial charge in [-0.2, -0.15) is 0 Å². The lowest BCUT2D eigenvalue weighted by Crippen LogP contribution is -2.51. The summed E-state index contributed by atoms with van der Waals surface area (Å²) < 4.78 is 6.18. The van der Waals surface area contributed by atoms with Gasteiger partial charge >= 0.3 is 0 Å². The summed E-state index contributed by atoms with van der Waals surface area (Å²) in [5, 5.41) is 0. The summed E-state index contributed by atoms with van der Waals surface area (Å²) in [6.45, 7) is 0.961. The van der Waals surface area contributed by atoms with Gasteiger partial charge in [0.2, 0.25) is 0 Å². The Hall–Kier alpha value is -0.120. The molecule has 0 aromatic rings. The van der Waals surface area contributed by atoms with Crippen LogP contribution in [0, 0.1) is 23.7 Å². The molecule has 4 rings (SSSR count). The monoisotopic (exact) mass is 264 g/mol. The third-order valence-corrected chi connectivity index (χ3v) is 6.53. The zero-order valence-electron chi connectivity index (χ0n) is 11.9. The predicted molar refractivity (Wildman–Crippen MR) is 75.3 cm³/mol. The summed E-state index contributed by atoms with van der Waals surface area (Å²) in [6, 6.07) is 0.550. The van der Waals surface area contributed by atoms with E-state index in [1.54, 1.807) is 0 Å². The first kappa shape index (κ1) is 12.6. The molecule has 4 fully saturated rings. The van der Waals surface area contributed by atoms with E-state index in [1.165, 1.54) is 57.8 Å². The number of hydrogen-bond acceptors (Lipinski definition) is 3. The van der Waals surface area contributed by atoms with Crippen molar-refractivity contribution in [3.05, 3.63) is 0 Å². The zero-order chi connectivity index (χ0) is 12.9. The van der Waals surface area contributed by atoms with Crippen molar-refractivity contribution < 1.29 is 4.74 Å². The summed E-state index contributed by atoms with van der Waals surface area (Å²) in [5.74, 6) is 9.65. The van der Waals surface area contributed by atoms with Gasteiger partial charge in [0.1, 0.15) is 0 Å². The van der Waals surface area contributed by atoms with E-state index in [2.05, 4.69) is 5.43 Å². The summed E-state index contributed by atoms with van der Waals surface area (Å²) in [6.07, 6.45) is 12.1. The summed E-state index contributed by atoms with van der Waals surface area (Å²) in [4.78, 5) is 0. The Morgan fingerprint density at radius 2 is 1.79 bits per heavy atom. The van der Waals surface area contributed by atoms with Crippen LogP contribution in [0.25, 0.3) is 0 Å². The van der Waals surface area contributed by atoms with E-state index >= 15 is 0 Å². The number of nitrogens with one attached hydrogen (secondary N) is 1. The fraction of sp³-hybridized carbons (Fsp3) is 1.00. The molecule has 0 radical (unpaired) electrons. The molecule has 4 aliphatic rings. The molecule has 108 valence electrons. The average molecular weight is 264 g/mol. The maximum absolute atomic E-state index is 6.18. The minimum Gasteiger partial charge on any atom is -0.375 e. The lowest BCUT2D eigenvalue weighted by molar-refractivity contribution is -0.101. The van der Waals surface area contributed by atoms with Crippen molar-refractivity contribution in [1.29, 1.82) is 0 Å². The van der Waals surface area contributed by atoms with Crippen molar-refractivity contribution in [2.45, 2.75) is 69.4 Å². The molecule has 3 heteroatoms. The molecule has 3 saturated carbocycles. The molecule has 1 heterocycles. The van der Waals surface area contributed by atoms with Gasteiger partial charge in [0.25, 0.3) is 0 Å². The lowest BCUT2D eigenvalue weighted by atomic mass is 9.75. The molecular weight excluding hydrogens is 236 g/mol. The van der Waals surface area contributed by atoms with E-state index in [-0.39, 0.29) is 5.60 Å². The molecule has 3 nitrogen and oxygen atoms in total. The summed E-state index contributed by atoms with van der Waals surface area (Å²) in [7, 11) is 0. The normalized spacial score (nSPS) is 45.3. The van der Waals surface area contributed by atoms with Crippen molar-refractivity contribution >= 4 is 0 Å². The topological polar surface area (TPSA) is 47.3 Å². The van der Waals surface area contributed by atoms with Crippen LogP contribution in [0.5, 0.6) is 0 Å². The van der Waals surface area contributed by atoms with E-state index < -0.39 is 0 Å². The number of fused-ring (bicyclic) bond motifs is 1. The van der Waals surface area contributed by atoms with Gasteiger partial charge in [-0.15, -0.1) is 0 Å². The number of hydrazine groups is 1. The van der Waals surface area contributed by atoms with Crippen LogP contribution in [-0.2, 0) is 4.74 Å². The molecule has 0 aromatic heterocycles. The van der Waals surface area contributed by atoms with Gasteiger partial charge in [-0.1, -0.05) is 12.8 Å². The number of rotatable bonds is 3. The molecule has 1 spiro atoms. The molecule has 3 N–H and O–H groups in total. The Kier molecular flexibility index (Phi) is 3.13. The van der Waals surface area contributed by atoms with Gasteiger partial charge in [0.15, 0.2) is 0 Å². The van der Waals surface area contributed by atoms with Gasteiger partial charge in [-0.05, 0) is 68.6 Å². The number of nitrogens with two attached hydrogens (primary N) is 1. The fourth-order valence-corrected chi connectivity index (χ4v) is 5.45. The molecule has 0 aromatic carbocycles. The second kappa shape index (κ2) is 4.71. The molecule has 0 amide bonds. The van der Waals surface area contributed by atoms with Crippen molar-refractivity contribution in [2.75, 3.05) is 6.61 Å². The third kappa shape index (κ3) is 2.24. The van der Waals surface area contributed by atoms with Crippen LogP contribution in [0.4, 0.5) is 0 Å². The second-order valence-electron chi connectivity index (χ2n) is 7.67. The Morgan fingerprint density at radius 1 is 1.05 bits per heavy atom. The first-order chi connectivity index (χ1) is 9.30. The van der Waals surface area contributed by atoms with Gasteiger partial charge in [0.05, 0.1) is 5.60 Å². The van der Waals surface area contributed by atoms with Crippen molar-refractivity contribution in [3.8, 4) is 0 Å². The molecular formula is C16H28N2O. The molecule has 0 bridgehead atoms. The van der Waals surface area contributed by atoms with Crippen molar-refractivity contribution in [2.24, 2.45) is 29.5 Å². The van der Waals surface area contributed by atoms with Crippen molar-refractivity contribution in [1.82, 2.24) is 5.43 Å². The zero-order valence-corrected chi connectivity index (χ0v) is 11.9. The van der Waals surface area contributed by atoms with Crippen LogP contribution >= 0.6 is 0 Å². The highest BCUT2D eigenvalue weighted by atomic mass is 16.5. The van der Waals surface area contributed by atoms with Crippen LogP contribution < -0.4 is 11.3 Å². The van der Waals surface area contributed by atoms with Crippen LogP contribution in [0.2, 0.25) is 0 Å². The van der Waals surface area contributed by atoms with Crippen LogP contribution in [0.15, 0.2) is 0 Å². The second-order valence-corrected chi connectivity index (χ2v) is 7.67. The summed E-state index contributed by atoms with van der Waals surface area (Å²) >= 11 is 0. The van der Waals surface area contributed by atoms with Gasteiger partial charge in [-0.25, -0.2) is 0 Å². The minimum atomic E-state index is 0.236. The smallest absolute Gasteiger partial charge is 0.0685 e. The largest absolute Gasteiger partial charge is 0.375 e. The highest BCUT2D eigenvalue weighted by Crippen LogP contribution is 2.56. The SMILES string of the molecule is NNC(C1CC2CC2C1)C1CCOC2(CCCC2)C1. The third-order valence-electron chi connectivity index (χ3n) is 6.53. The Morgan fingerprint density at radius 3 is 2.47 bits per heavy atom. The van der Waals surface area contributed by atoms with E-state index in [9.17, 15) is 0 Å². The minimum absolute atomic E-state index is 0.236. The van der Waals surface area contributed by atoms with Crippen LogP contribution in [0.3, 0.4) is 0 Å². The van der Waals surface area contributed by atoms with E-state index in [0.29, 0.717) is 6.04 Å². The molecule has 4 unspecified atom stereocenters. The number of ether oxygens (including phenoxy) is 1. The molecule has 19 heavy (non-hydrogen) atoms. The molecule has 4 atom stereocenters. The van der Waals surface area contributed by atoms with Gasteiger partial charge in [0, 0.05) is 12.6 Å². The fourth-order valence-electron chi connectivity index (χ4n) is 5.45. The van der Waals surface area contributed by atoms with Crippen LogP contribution in [0.1, 0.15) is 57.8 Å². The average Bonchev–Trinajstić information content (AvgIpc) is 2.84. The first-order valence-electron chi connectivity index (χ1n) is 8.40. The van der Waals surface area contributed by atoms with Crippen LogP contribution in [-0.4, -0.2) is 18.2 Å². The van der Waals surface area contributed by atoms with Gasteiger partial charge in [-0.3, -0.25) is 11.3 Å². The maximum atomic E-state index is 6.18. The van der Waals surface area contributed by atoms with Gasteiger partial charge < -0.3 is 4.74 Å². The maximum Gasteiger partial charge on any atom is 0.0685 e. The van der Waals surface area contributed by atoms with E-state index in [1.807, 2.05) is 0 Å². The standard InChI is InChI=1S/C16H28N2O/c17-18-15(14-8-12-7-13(12)9-14)11-3-6-19-16(10-11)4-1-2-5-16/h11-15,18H,1-10,17H2. The summed E-state index contributed by atoms with van der Waals surface area (Å²) in [5.41, 5.74) is 3.44. The first-order valence-corrected chi connectivity index (χ1v) is 8.40. The molecule has 1 aliphatic heterocycles. The Balaban J connectivity index is 1.44. The molecule has 3 aliphatic carbocycles. The van der Waals surface area contributed by atoms with E-state index in [4.69, 9.17) is 10.6 Å². The number of hydrogen-bond donors (Lipinski definition) is 2. The van der Waals surface area contributed by atoms with Crippen molar-refractivity contribution in [3.63, 3.8) is 0 Å². The van der Waals surface area contributed by atoms with E-state index in [0.717, 1.165) is 30.3 Å². The molecule has 1 saturated heterocycles. The predicted octanol–water partition coefficient (Wildman–Crippen LogP) is 2.60. The Bertz CT molecular complexity index is 330. The Labute approximate surface area is 116 Å². The highest BCUT2D eigenvalue weighted by Gasteiger charge is 2.50. The lowest BCUT2D eigenvalue weighted by Gasteiger charge is -2.43.